The van der Waals surface area contributed by atoms with Crippen molar-refractivity contribution in [1.82, 2.24) is 20.9 Å². The third-order valence-electron chi connectivity index (χ3n) is 17.0. The van der Waals surface area contributed by atoms with Gasteiger partial charge in [-0.25, -0.2) is 0 Å². The highest BCUT2D eigenvalue weighted by atomic mass is 16.5. The number of likely N-dealkylation sites (tertiary alicyclic amines) is 1. The molecule has 5 heteroatoms. The Hall–Kier alpha value is -1.30. The first kappa shape index (κ1) is 34.2. The van der Waals surface area contributed by atoms with E-state index in [2.05, 4.69) is 45.2 Å². The van der Waals surface area contributed by atoms with Crippen LogP contribution in [0.5, 0.6) is 0 Å². The lowest BCUT2D eigenvalue weighted by Gasteiger charge is -2.45. The van der Waals surface area contributed by atoms with Gasteiger partial charge >= 0.3 is 0 Å². The number of nitrogens with one attached hydrogen (secondary N) is 3. The molecule has 5 nitrogen and oxygen atoms in total. The van der Waals surface area contributed by atoms with Crippen molar-refractivity contribution < 1.29 is 4.74 Å². The van der Waals surface area contributed by atoms with Crippen molar-refractivity contribution in [2.45, 2.75) is 203 Å². The van der Waals surface area contributed by atoms with Gasteiger partial charge in [-0.3, -0.25) is 15.5 Å². The minimum atomic E-state index is 0.162. The average Bonchev–Trinajstić information content (AvgIpc) is 3.74. The first-order chi connectivity index (χ1) is 25.3. The van der Waals surface area contributed by atoms with Crippen LogP contribution in [0.4, 0.5) is 0 Å². The zero-order chi connectivity index (χ0) is 33.7. The maximum atomic E-state index is 6.86. The molecule has 282 valence electrons. The molecule has 1 saturated heterocycles. The number of hydrogen-bond donors (Lipinski definition) is 3. The van der Waals surface area contributed by atoms with Crippen LogP contribution >= 0.6 is 0 Å². The summed E-state index contributed by atoms with van der Waals surface area (Å²) in [4.78, 5) is 3.14. The average molecular weight is 697 g/mol. The van der Waals surface area contributed by atoms with E-state index in [-0.39, 0.29) is 6.29 Å². The molecule has 51 heavy (non-hydrogen) atoms. The minimum absolute atomic E-state index is 0.162. The Balaban J connectivity index is 0.830. The summed E-state index contributed by atoms with van der Waals surface area (Å²) in [5, 5.41) is 12.5. The topological polar surface area (TPSA) is 48.6 Å². The molecule has 0 radical (unpaired) electrons. The summed E-state index contributed by atoms with van der Waals surface area (Å²) in [5.41, 5.74) is 1.49. The Bertz CT molecular complexity index is 1300. The maximum absolute atomic E-state index is 6.86. The maximum Gasteiger partial charge on any atom is 0.133 e. The van der Waals surface area contributed by atoms with E-state index in [1.807, 2.05) is 0 Å². The number of hydrogen-bond acceptors (Lipinski definition) is 5. The molecule has 13 atom stereocenters. The van der Waals surface area contributed by atoms with Gasteiger partial charge < -0.3 is 10.1 Å². The predicted octanol–water partition coefficient (Wildman–Crippen LogP) is 9.71. The summed E-state index contributed by atoms with van der Waals surface area (Å²) in [5.74, 6) is 7.72. The normalized spacial score (nSPS) is 46.5. The third-order valence-corrected chi connectivity index (χ3v) is 17.0. The van der Waals surface area contributed by atoms with Crippen LogP contribution in [0.25, 0.3) is 0 Å². The Morgan fingerprint density at radius 3 is 2.31 bits per heavy atom. The van der Waals surface area contributed by atoms with Crippen LogP contribution in [-0.2, 0) is 4.74 Å². The van der Waals surface area contributed by atoms with E-state index in [1.54, 1.807) is 0 Å². The van der Waals surface area contributed by atoms with Gasteiger partial charge in [0.05, 0.1) is 11.7 Å². The van der Waals surface area contributed by atoms with Crippen LogP contribution in [-0.4, -0.2) is 47.5 Å². The summed E-state index contributed by atoms with van der Waals surface area (Å²) >= 11 is 0. The summed E-state index contributed by atoms with van der Waals surface area (Å²) < 4.78 is 6.86. The van der Waals surface area contributed by atoms with E-state index >= 15 is 0 Å². The first-order valence-corrected chi connectivity index (χ1v) is 23.1. The lowest BCUT2D eigenvalue weighted by Crippen LogP contribution is -2.64. The lowest BCUT2D eigenvalue weighted by atomic mass is 9.64. The van der Waals surface area contributed by atoms with E-state index in [1.165, 1.54) is 172 Å². The predicted molar refractivity (Wildman–Crippen MR) is 207 cm³/mol. The SMILES string of the molecule is C1=CC(C2CCCC(C3C=CC4C(C3)C3CCCCC3N4C3CCCCC3)C2)C(NC2NC3=C(OC4CCCCC34)C(C3CCCCC3)N2)CC1. The smallest absolute Gasteiger partial charge is 0.133 e. The second kappa shape index (κ2) is 15.1. The van der Waals surface area contributed by atoms with Crippen molar-refractivity contribution in [3.8, 4) is 0 Å². The van der Waals surface area contributed by atoms with Crippen molar-refractivity contribution in [3.63, 3.8) is 0 Å². The summed E-state index contributed by atoms with van der Waals surface area (Å²) in [6.07, 6.45) is 46.6. The van der Waals surface area contributed by atoms with E-state index in [0.29, 0.717) is 30.0 Å². The number of fused-ring (bicyclic) bond motifs is 5. The van der Waals surface area contributed by atoms with Crippen LogP contribution in [0, 0.1) is 47.3 Å². The monoisotopic (exact) mass is 697 g/mol. The van der Waals surface area contributed by atoms with Crippen molar-refractivity contribution in [2.75, 3.05) is 0 Å². The molecule has 3 aliphatic heterocycles. The van der Waals surface area contributed by atoms with E-state index < -0.39 is 0 Å². The van der Waals surface area contributed by atoms with E-state index in [0.717, 1.165) is 53.6 Å². The molecule has 0 aromatic heterocycles. The molecule has 3 N–H and O–H groups in total. The Morgan fingerprint density at radius 2 is 1.41 bits per heavy atom. The van der Waals surface area contributed by atoms with Crippen LogP contribution in [0.2, 0.25) is 0 Å². The van der Waals surface area contributed by atoms with Gasteiger partial charge in [0.25, 0.3) is 0 Å². The van der Waals surface area contributed by atoms with E-state index in [4.69, 9.17) is 4.74 Å². The third kappa shape index (κ3) is 6.62. The molecule has 7 aliphatic carbocycles. The standard InChI is InChI=1S/C46H72N4O/c1-3-14-30(15-4-1)43-45-44(37-22-9-12-25-42(37)51-45)49-46(48-43)47-39-23-10-7-20-35(39)33-17-13-16-31(28-33)32-26-27-41-38(29-32)36-21-8-11-24-40(36)50(41)34-18-5-2-6-19-34/h7,20,26-27,30-43,46-49H,1-6,8-19,21-25,28-29H2. The Kier molecular flexibility index (Phi) is 10.1. The zero-order valence-corrected chi connectivity index (χ0v) is 32.0. The fourth-order valence-electron chi connectivity index (χ4n) is 14.7. The van der Waals surface area contributed by atoms with Crippen molar-refractivity contribution >= 4 is 0 Å². The second-order valence-electron chi connectivity index (χ2n) is 19.7. The molecule has 0 aromatic carbocycles. The minimum Gasteiger partial charge on any atom is -0.491 e. The Labute approximate surface area is 311 Å². The summed E-state index contributed by atoms with van der Waals surface area (Å²) in [6, 6.07) is 3.46. The molecule has 10 rings (SSSR count). The molecule has 6 fully saturated rings. The van der Waals surface area contributed by atoms with Gasteiger partial charge in [0.2, 0.25) is 0 Å². The zero-order valence-electron chi connectivity index (χ0n) is 32.0. The molecule has 0 spiro atoms. The van der Waals surface area contributed by atoms with Crippen molar-refractivity contribution in [3.05, 3.63) is 35.8 Å². The first-order valence-electron chi connectivity index (χ1n) is 23.1. The van der Waals surface area contributed by atoms with Gasteiger partial charge in [0.15, 0.2) is 0 Å². The van der Waals surface area contributed by atoms with Crippen LogP contribution in [0.1, 0.15) is 161 Å². The van der Waals surface area contributed by atoms with Gasteiger partial charge in [-0.15, -0.1) is 0 Å². The van der Waals surface area contributed by atoms with Crippen molar-refractivity contribution in [2.24, 2.45) is 47.3 Å². The molecule has 10 aliphatic rings. The number of ether oxygens (including phenoxy) is 1. The van der Waals surface area contributed by atoms with Crippen LogP contribution in [0.3, 0.4) is 0 Å². The fourth-order valence-corrected chi connectivity index (χ4v) is 14.7. The van der Waals surface area contributed by atoms with E-state index in [9.17, 15) is 0 Å². The molecule has 0 amide bonds. The number of rotatable bonds is 6. The highest BCUT2D eigenvalue weighted by molar-refractivity contribution is 5.27. The van der Waals surface area contributed by atoms with Gasteiger partial charge in [0.1, 0.15) is 18.2 Å². The van der Waals surface area contributed by atoms with Crippen LogP contribution in [0.15, 0.2) is 35.8 Å². The fraction of sp³-hybridized carbons (Fsp3) is 0.870. The largest absolute Gasteiger partial charge is 0.491 e. The molecule has 0 bridgehead atoms. The molecular weight excluding hydrogens is 625 g/mol. The van der Waals surface area contributed by atoms with Crippen LogP contribution < -0.4 is 16.0 Å². The van der Waals surface area contributed by atoms with Gasteiger partial charge in [-0.1, -0.05) is 88.5 Å². The van der Waals surface area contributed by atoms with Gasteiger partial charge in [-0.2, -0.15) is 0 Å². The molecule has 0 aromatic rings. The Morgan fingerprint density at radius 1 is 0.647 bits per heavy atom. The lowest BCUT2D eigenvalue weighted by molar-refractivity contribution is 0.0603. The van der Waals surface area contributed by atoms with Crippen molar-refractivity contribution in [1.29, 1.82) is 0 Å². The highest BCUT2D eigenvalue weighted by Crippen LogP contribution is 2.53. The van der Waals surface area contributed by atoms with Gasteiger partial charge in [0, 0.05) is 30.1 Å². The highest BCUT2D eigenvalue weighted by Gasteiger charge is 2.53. The number of nitrogens with zero attached hydrogens (tertiary/aromatic N) is 1. The summed E-state index contributed by atoms with van der Waals surface area (Å²) in [6.45, 7) is 0. The second-order valence-corrected chi connectivity index (χ2v) is 19.7. The molecule has 13 unspecified atom stereocenters. The molecule has 3 heterocycles. The number of allylic oxidation sites excluding steroid dienone is 2. The molecular formula is C46H72N4O. The quantitative estimate of drug-likeness (QED) is 0.242. The van der Waals surface area contributed by atoms with Gasteiger partial charge in [-0.05, 0) is 138 Å². The summed E-state index contributed by atoms with van der Waals surface area (Å²) in [7, 11) is 0. The molecule has 5 saturated carbocycles.